The van der Waals surface area contributed by atoms with Gasteiger partial charge in [0.2, 0.25) is 0 Å². The van der Waals surface area contributed by atoms with Gasteiger partial charge in [-0.2, -0.15) is 0 Å². The summed E-state index contributed by atoms with van der Waals surface area (Å²) in [4.78, 5) is 9.84. The SMILES string of the molecule is NCCOB(c1ccccc1)c1cccc(-c2cccc(B(OCCN)c3ccccc3)n2)n1. The van der Waals surface area contributed by atoms with Gasteiger partial charge in [0.1, 0.15) is 0 Å². The monoisotopic (exact) mass is 450 g/mol. The van der Waals surface area contributed by atoms with Crippen LogP contribution in [-0.2, 0) is 9.31 Å². The highest BCUT2D eigenvalue weighted by Gasteiger charge is 2.25. The third-order valence-corrected chi connectivity index (χ3v) is 5.35. The number of aromatic nitrogens is 2. The average molecular weight is 450 g/mol. The van der Waals surface area contributed by atoms with E-state index in [9.17, 15) is 0 Å². The van der Waals surface area contributed by atoms with Crippen molar-refractivity contribution in [2.45, 2.75) is 0 Å². The first-order valence-electron chi connectivity index (χ1n) is 11.5. The first-order chi connectivity index (χ1) is 16.8. The lowest BCUT2D eigenvalue weighted by atomic mass is 9.57. The second-order valence-electron chi connectivity index (χ2n) is 7.80. The van der Waals surface area contributed by atoms with Crippen molar-refractivity contribution in [2.75, 3.05) is 26.3 Å². The van der Waals surface area contributed by atoms with Gasteiger partial charge in [-0.15, -0.1) is 0 Å². The number of hydrogen-bond acceptors (Lipinski definition) is 6. The van der Waals surface area contributed by atoms with E-state index in [1.54, 1.807) is 0 Å². The van der Waals surface area contributed by atoms with Gasteiger partial charge in [0.25, 0.3) is 0 Å². The van der Waals surface area contributed by atoms with Crippen LogP contribution in [0.15, 0.2) is 97.1 Å². The van der Waals surface area contributed by atoms with Crippen LogP contribution in [0.2, 0.25) is 0 Å². The van der Waals surface area contributed by atoms with Crippen molar-refractivity contribution in [3.63, 3.8) is 0 Å². The van der Waals surface area contributed by atoms with E-state index in [2.05, 4.69) is 0 Å². The lowest BCUT2D eigenvalue weighted by Crippen LogP contribution is -2.48. The van der Waals surface area contributed by atoms with Crippen LogP contribution in [0.1, 0.15) is 0 Å². The molecule has 170 valence electrons. The predicted octanol–water partition coefficient (Wildman–Crippen LogP) is 0.306. The van der Waals surface area contributed by atoms with Crippen LogP contribution in [0.5, 0.6) is 0 Å². The molecule has 0 aliphatic heterocycles. The highest BCUT2D eigenvalue weighted by atomic mass is 16.4. The number of benzene rings is 2. The lowest BCUT2D eigenvalue weighted by molar-refractivity contribution is 0.344. The molecule has 0 spiro atoms. The number of nitrogens with zero attached hydrogens (tertiary/aromatic N) is 2. The molecule has 4 aromatic rings. The smallest absolute Gasteiger partial charge is 0.381 e. The summed E-state index contributed by atoms with van der Waals surface area (Å²) < 4.78 is 12.2. The van der Waals surface area contributed by atoms with Crippen molar-refractivity contribution in [1.82, 2.24) is 9.97 Å². The second kappa shape index (κ2) is 12.3. The summed E-state index contributed by atoms with van der Waals surface area (Å²) in [6, 6.07) is 31.9. The largest absolute Gasteiger partial charge is 0.425 e. The zero-order valence-electron chi connectivity index (χ0n) is 19.1. The Bertz CT molecular complexity index is 1070. The van der Waals surface area contributed by atoms with Crippen molar-refractivity contribution < 1.29 is 9.31 Å². The highest BCUT2D eigenvalue weighted by Crippen LogP contribution is 2.12. The summed E-state index contributed by atoms with van der Waals surface area (Å²) in [6.45, 7) is 1.15. The molecule has 6 nitrogen and oxygen atoms in total. The molecule has 34 heavy (non-hydrogen) atoms. The first kappa shape index (κ1) is 23.9. The topological polar surface area (TPSA) is 96.3 Å². The first-order valence-corrected chi connectivity index (χ1v) is 11.5. The molecule has 0 bridgehead atoms. The molecule has 0 aliphatic carbocycles. The van der Waals surface area contributed by atoms with Gasteiger partial charge in [-0.3, -0.25) is 9.97 Å². The van der Waals surface area contributed by atoms with Crippen molar-refractivity contribution >= 4 is 35.9 Å². The molecule has 0 unspecified atom stereocenters. The Morgan fingerprint density at radius 3 is 1.32 bits per heavy atom. The minimum absolute atomic E-state index is 0.308. The molecule has 0 atom stereocenters. The fourth-order valence-corrected chi connectivity index (χ4v) is 3.81. The third kappa shape index (κ3) is 5.98. The van der Waals surface area contributed by atoms with E-state index in [1.807, 2.05) is 97.1 Å². The molecule has 0 radical (unpaired) electrons. The lowest BCUT2D eigenvalue weighted by Gasteiger charge is -2.16. The van der Waals surface area contributed by atoms with Gasteiger partial charge >= 0.3 is 13.8 Å². The maximum Gasteiger partial charge on any atom is 0.381 e. The maximum atomic E-state index is 6.08. The Hall–Kier alpha value is -3.29. The summed E-state index contributed by atoms with van der Waals surface area (Å²) in [5, 5.41) is 0. The fraction of sp³-hybridized carbons (Fsp3) is 0.154. The number of pyridine rings is 2. The van der Waals surface area contributed by atoms with Gasteiger partial charge in [0.15, 0.2) is 0 Å². The van der Waals surface area contributed by atoms with Gasteiger partial charge in [-0.25, -0.2) is 0 Å². The number of nitrogens with two attached hydrogens (primary N) is 2. The number of rotatable bonds is 11. The fourth-order valence-electron chi connectivity index (χ4n) is 3.81. The summed E-state index contributed by atoms with van der Waals surface area (Å²) in [5.41, 5.74) is 16.6. The van der Waals surface area contributed by atoms with Gasteiger partial charge in [0.05, 0.1) is 11.4 Å². The Morgan fingerprint density at radius 2 is 0.941 bits per heavy atom. The van der Waals surface area contributed by atoms with E-state index in [0.29, 0.717) is 26.3 Å². The van der Waals surface area contributed by atoms with Gasteiger partial charge in [0, 0.05) is 37.5 Å². The number of hydrogen-bond donors (Lipinski definition) is 2. The van der Waals surface area contributed by atoms with Crippen LogP contribution in [0, 0.1) is 0 Å². The molecular formula is C26H28B2N4O2. The Balaban J connectivity index is 1.68. The molecule has 0 aliphatic rings. The van der Waals surface area contributed by atoms with Gasteiger partial charge in [-0.1, -0.05) is 72.8 Å². The zero-order chi connectivity index (χ0) is 23.6. The second-order valence-corrected chi connectivity index (χ2v) is 7.80. The van der Waals surface area contributed by atoms with E-state index in [1.165, 1.54) is 0 Å². The zero-order valence-corrected chi connectivity index (χ0v) is 19.1. The van der Waals surface area contributed by atoms with E-state index in [4.69, 9.17) is 30.7 Å². The van der Waals surface area contributed by atoms with Crippen molar-refractivity contribution in [3.8, 4) is 11.4 Å². The average Bonchev–Trinajstić information content (AvgIpc) is 2.91. The molecule has 0 saturated heterocycles. The molecule has 0 saturated carbocycles. The highest BCUT2D eigenvalue weighted by molar-refractivity contribution is 6.79. The van der Waals surface area contributed by atoms with Crippen molar-refractivity contribution in [3.05, 3.63) is 97.1 Å². The summed E-state index contributed by atoms with van der Waals surface area (Å²) in [7, 11) is 0. The van der Waals surface area contributed by atoms with Crippen LogP contribution in [0.4, 0.5) is 0 Å². The van der Waals surface area contributed by atoms with Crippen LogP contribution in [-0.4, -0.2) is 50.1 Å². The van der Waals surface area contributed by atoms with Crippen LogP contribution in [0.25, 0.3) is 11.4 Å². The molecule has 4 N–H and O–H groups in total. The summed E-state index contributed by atoms with van der Waals surface area (Å²) >= 11 is 0. The van der Waals surface area contributed by atoms with E-state index in [-0.39, 0.29) is 13.8 Å². The molecule has 8 heteroatoms. The Labute approximate surface area is 201 Å². The van der Waals surface area contributed by atoms with Crippen LogP contribution < -0.4 is 33.6 Å². The summed E-state index contributed by atoms with van der Waals surface area (Å²) in [6.07, 6.45) is 0. The van der Waals surface area contributed by atoms with Crippen LogP contribution in [0.3, 0.4) is 0 Å². The Kier molecular flexibility index (Phi) is 8.59. The molecule has 2 aromatic heterocycles. The normalized spacial score (nSPS) is 10.8. The van der Waals surface area contributed by atoms with Gasteiger partial charge < -0.3 is 20.8 Å². The molecular weight excluding hydrogens is 422 g/mol. The molecule has 2 aromatic carbocycles. The molecule has 4 rings (SSSR count). The summed E-state index contributed by atoms with van der Waals surface area (Å²) in [5.74, 6) is 0. The van der Waals surface area contributed by atoms with Gasteiger partial charge in [-0.05, 0) is 35.2 Å². The van der Waals surface area contributed by atoms with E-state index >= 15 is 0 Å². The minimum Gasteiger partial charge on any atom is -0.425 e. The quantitative estimate of drug-likeness (QED) is 0.320. The molecule has 0 amide bonds. The third-order valence-electron chi connectivity index (χ3n) is 5.35. The Morgan fingerprint density at radius 1 is 0.529 bits per heavy atom. The van der Waals surface area contributed by atoms with Crippen molar-refractivity contribution in [2.24, 2.45) is 11.5 Å². The van der Waals surface area contributed by atoms with Crippen LogP contribution >= 0.6 is 0 Å². The molecule has 2 heterocycles. The maximum absolute atomic E-state index is 6.08. The van der Waals surface area contributed by atoms with Crippen molar-refractivity contribution in [1.29, 1.82) is 0 Å². The minimum atomic E-state index is -0.308. The molecule has 0 fully saturated rings. The predicted molar refractivity (Wildman–Crippen MR) is 140 cm³/mol. The van der Waals surface area contributed by atoms with E-state index in [0.717, 1.165) is 33.5 Å². The standard InChI is InChI=1S/C26H28B2N4O2/c29-17-19-33-27(21-9-3-1-4-10-21)25-15-7-13-23(31-25)24-14-8-16-26(32-24)28(34-20-18-30)22-11-5-2-6-12-22/h1-16H,17-20,29-30H2. The van der Waals surface area contributed by atoms with E-state index < -0.39 is 0 Å².